The normalized spacial score (nSPS) is 57.0. The van der Waals surface area contributed by atoms with E-state index in [1.807, 2.05) is 0 Å². The average molecular weight is 633 g/mol. The second kappa shape index (κ2) is 14.4. The fourth-order valence-corrected chi connectivity index (χ4v) is 14.4. The summed E-state index contributed by atoms with van der Waals surface area (Å²) in [5, 5.41) is 0. The second-order valence-electron chi connectivity index (χ2n) is 19.7. The van der Waals surface area contributed by atoms with Crippen molar-refractivity contribution in [2.75, 3.05) is 0 Å². The molecule has 0 spiro atoms. The first-order valence-corrected chi connectivity index (χ1v) is 21.0. The molecule has 0 nitrogen and oxygen atoms in total. The molecule has 0 N–H and O–H groups in total. The van der Waals surface area contributed by atoms with Crippen LogP contribution in [-0.2, 0) is 0 Å². The van der Waals surface area contributed by atoms with Crippen LogP contribution in [-0.4, -0.2) is 0 Å². The molecule has 7 fully saturated rings. The van der Waals surface area contributed by atoms with Crippen LogP contribution in [0.25, 0.3) is 0 Å². The first-order chi connectivity index (χ1) is 21.7. The van der Waals surface area contributed by atoms with Gasteiger partial charge in [-0.1, -0.05) is 122 Å². The second-order valence-corrected chi connectivity index (χ2v) is 19.7. The van der Waals surface area contributed by atoms with E-state index in [2.05, 4.69) is 122 Å². The van der Waals surface area contributed by atoms with Crippen molar-refractivity contribution in [3.63, 3.8) is 0 Å². The third kappa shape index (κ3) is 6.20. The monoisotopic (exact) mass is 633 g/mol. The van der Waals surface area contributed by atoms with Crippen LogP contribution in [0, 0.1) is 136 Å². The van der Waals surface area contributed by atoms with Gasteiger partial charge in [0, 0.05) is 0 Å². The quantitative estimate of drug-likeness (QED) is 0.272. The van der Waals surface area contributed by atoms with Crippen LogP contribution in [0.15, 0.2) is 24.8 Å². The minimum atomic E-state index is 0.821. The van der Waals surface area contributed by atoms with E-state index in [1.165, 1.54) is 25.7 Å². The van der Waals surface area contributed by atoms with Gasteiger partial charge in [0.2, 0.25) is 0 Å². The van der Waals surface area contributed by atoms with E-state index in [1.54, 1.807) is 6.42 Å². The summed E-state index contributed by atoms with van der Waals surface area (Å²) in [4.78, 5) is 0. The van der Waals surface area contributed by atoms with Crippen LogP contribution in [0.4, 0.5) is 0 Å². The van der Waals surface area contributed by atoms with Gasteiger partial charge in [-0.3, -0.25) is 0 Å². The van der Waals surface area contributed by atoms with Crippen LogP contribution < -0.4 is 0 Å². The van der Waals surface area contributed by atoms with E-state index in [4.69, 9.17) is 0 Å². The van der Waals surface area contributed by atoms with Gasteiger partial charge in [-0.05, 0) is 162 Å². The van der Waals surface area contributed by atoms with E-state index in [0.29, 0.717) is 0 Å². The summed E-state index contributed by atoms with van der Waals surface area (Å²) in [6.07, 6.45) is 14.4. The van der Waals surface area contributed by atoms with Crippen molar-refractivity contribution in [1.29, 1.82) is 0 Å². The number of fused-ring (bicyclic) bond motifs is 8. The standard InChI is InChI=1S/C14H26.C12H20.C11H20.C9H14/c1-6-8(2)14-11(5)12-7-13(14)10(4)9(12)3;1-5-10-9(4)11-6-12(10)8(3)7(11)2;1-6-7(2)11-5-10(6)8(3)9(11)4;1-6-7(2)9-4-3-8(6)5-9/h8-14H,6-7H2,1-5H3;5,7-12H,1,6H2,2-4H3;6-11H,5H2,1-4H3;3-4,6-9H,5H2,1-2H3. The van der Waals surface area contributed by atoms with Crippen LogP contribution >= 0.6 is 0 Å². The molecule has 0 heteroatoms. The first-order valence-electron chi connectivity index (χ1n) is 21.0. The zero-order chi connectivity index (χ0) is 33.9. The molecule has 21 unspecified atom stereocenters. The Hall–Kier alpha value is -0.520. The van der Waals surface area contributed by atoms with Crippen molar-refractivity contribution < 1.29 is 0 Å². The third-order valence-electron chi connectivity index (χ3n) is 18.8. The zero-order valence-electron chi connectivity index (χ0n) is 33.3. The molecule has 8 bridgehead atoms. The van der Waals surface area contributed by atoms with Crippen molar-refractivity contribution >= 4 is 0 Å². The maximum Gasteiger partial charge on any atom is -0.0177 e. The molecule has 0 amide bonds. The Morgan fingerprint density at radius 2 is 0.826 bits per heavy atom. The summed E-state index contributed by atoms with van der Waals surface area (Å²) in [5.74, 6) is 22.6. The first kappa shape index (κ1) is 36.8. The molecule has 0 radical (unpaired) electrons. The Kier molecular flexibility index (Phi) is 11.5. The molecule has 46 heavy (non-hydrogen) atoms. The van der Waals surface area contributed by atoms with Crippen molar-refractivity contribution in [3.8, 4) is 0 Å². The Morgan fingerprint density at radius 1 is 0.478 bits per heavy atom. The Balaban J connectivity index is 0.000000122. The van der Waals surface area contributed by atoms with Crippen molar-refractivity contribution in [3.05, 3.63) is 24.8 Å². The van der Waals surface area contributed by atoms with Gasteiger partial charge in [0.05, 0.1) is 0 Å². The Labute approximate surface area is 289 Å². The molecule has 8 aliphatic carbocycles. The van der Waals surface area contributed by atoms with Crippen LogP contribution in [0.1, 0.15) is 129 Å². The molecule has 0 aromatic heterocycles. The maximum absolute atomic E-state index is 3.97. The molecule has 7 saturated carbocycles. The van der Waals surface area contributed by atoms with E-state index in [0.717, 1.165) is 136 Å². The van der Waals surface area contributed by atoms with E-state index < -0.39 is 0 Å². The van der Waals surface area contributed by atoms with Gasteiger partial charge in [-0.15, -0.1) is 6.58 Å². The van der Waals surface area contributed by atoms with Crippen LogP contribution in [0.5, 0.6) is 0 Å². The average Bonchev–Trinajstić information content (AvgIpc) is 3.92. The molecule has 264 valence electrons. The lowest BCUT2D eigenvalue weighted by molar-refractivity contribution is 0.0864. The molecule has 8 rings (SSSR count). The predicted octanol–water partition coefficient (Wildman–Crippen LogP) is 13.2. The van der Waals surface area contributed by atoms with Crippen LogP contribution in [0.3, 0.4) is 0 Å². The Morgan fingerprint density at radius 3 is 1.15 bits per heavy atom. The molecule has 0 heterocycles. The van der Waals surface area contributed by atoms with Gasteiger partial charge >= 0.3 is 0 Å². The minimum Gasteiger partial charge on any atom is -0.103 e. The minimum absolute atomic E-state index is 0.821. The van der Waals surface area contributed by atoms with E-state index >= 15 is 0 Å². The molecule has 21 atom stereocenters. The fourth-order valence-electron chi connectivity index (χ4n) is 14.4. The summed E-state index contributed by atoms with van der Waals surface area (Å²) in [6.45, 7) is 38.2. The highest BCUT2D eigenvalue weighted by molar-refractivity contribution is 5.11. The maximum atomic E-state index is 3.97. The van der Waals surface area contributed by atoms with E-state index in [9.17, 15) is 0 Å². The zero-order valence-corrected chi connectivity index (χ0v) is 33.3. The number of rotatable bonds is 3. The number of hydrogen-bond donors (Lipinski definition) is 0. The van der Waals surface area contributed by atoms with E-state index in [-0.39, 0.29) is 0 Å². The van der Waals surface area contributed by atoms with Gasteiger partial charge in [0.15, 0.2) is 0 Å². The lowest BCUT2D eigenvalue weighted by Gasteiger charge is -2.39. The topological polar surface area (TPSA) is 0 Å². The highest BCUT2D eigenvalue weighted by Gasteiger charge is 2.54. The summed E-state index contributed by atoms with van der Waals surface area (Å²) in [7, 11) is 0. The SMILES string of the molecule is C=CC1C(C)C2CC1C(C)C2C.CC1C(C)C2CC1C(C)C2C.CC1C2C=CC(C2)C1C.CCC(C)C1C(C)C2CC1C(C)C2C. The van der Waals surface area contributed by atoms with Gasteiger partial charge in [-0.25, -0.2) is 0 Å². The molecular formula is C46H80. The highest BCUT2D eigenvalue weighted by Crippen LogP contribution is 2.61. The Bertz CT molecular complexity index is 987. The predicted molar refractivity (Wildman–Crippen MR) is 202 cm³/mol. The summed E-state index contributed by atoms with van der Waals surface area (Å²) < 4.78 is 0. The molecule has 0 aromatic rings. The largest absolute Gasteiger partial charge is 0.103 e. The number of allylic oxidation sites excluding steroid dienone is 3. The lowest BCUT2D eigenvalue weighted by Crippen LogP contribution is -2.34. The van der Waals surface area contributed by atoms with Crippen molar-refractivity contribution in [1.82, 2.24) is 0 Å². The highest BCUT2D eigenvalue weighted by atomic mass is 14.6. The molecule has 8 aliphatic rings. The van der Waals surface area contributed by atoms with Gasteiger partial charge in [0.1, 0.15) is 0 Å². The van der Waals surface area contributed by atoms with Gasteiger partial charge in [-0.2, -0.15) is 0 Å². The van der Waals surface area contributed by atoms with Gasteiger partial charge < -0.3 is 0 Å². The fraction of sp³-hybridized carbons (Fsp3) is 0.913. The van der Waals surface area contributed by atoms with Crippen LogP contribution in [0.2, 0.25) is 0 Å². The third-order valence-corrected chi connectivity index (χ3v) is 18.8. The number of hydrogen-bond acceptors (Lipinski definition) is 0. The molecule has 0 aromatic carbocycles. The molecular weight excluding hydrogens is 553 g/mol. The van der Waals surface area contributed by atoms with Crippen molar-refractivity contribution in [2.45, 2.75) is 129 Å². The summed E-state index contributed by atoms with van der Waals surface area (Å²) in [6, 6.07) is 0. The summed E-state index contributed by atoms with van der Waals surface area (Å²) in [5.41, 5.74) is 0. The summed E-state index contributed by atoms with van der Waals surface area (Å²) >= 11 is 0. The molecule has 0 saturated heterocycles. The van der Waals surface area contributed by atoms with Gasteiger partial charge in [0.25, 0.3) is 0 Å². The lowest BCUT2D eigenvalue weighted by atomic mass is 9.66. The molecule has 0 aliphatic heterocycles. The van der Waals surface area contributed by atoms with Crippen molar-refractivity contribution in [2.24, 2.45) is 136 Å². The smallest absolute Gasteiger partial charge is 0.0177 e.